The van der Waals surface area contributed by atoms with Gasteiger partial charge in [0.15, 0.2) is 0 Å². The quantitative estimate of drug-likeness (QED) is 0.637. The summed E-state index contributed by atoms with van der Waals surface area (Å²) in [5, 5.41) is 8.60. The van der Waals surface area contributed by atoms with Gasteiger partial charge in [-0.1, -0.05) is 0 Å². The Morgan fingerprint density at radius 3 is 2.83 bits per heavy atom. The van der Waals surface area contributed by atoms with Crippen molar-refractivity contribution in [3.05, 3.63) is 0 Å². The number of aliphatic carboxylic acids is 1. The van der Waals surface area contributed by atoms with Crippen LogP contribution in [-0.2, 0) is 19.1 Å². The van der Waals surface area contributed by atoms with Gasteiger partial charge in [-0.2, -0.15) is 0 Å². The molecule has 6 heteroatoms. The number of hydrogen-bond acceptors (Lipinski definition) is 4. The standard InChI is InChI=1S/C12H21NO5/c1-17-6-7-18-9-11(14)13-5-4-10(8-13)2-3-12(15)16/h10H,2-9H2,1H3,(H,15,16). The number of methoxy groups -OCH3 is 1. The zero-order valence-corrected chi connectivity index (χ0v) is 10.8. The van der Waals surface area contributed by atoms with E-state index in [1.54, 1.807) is 12.0 Å². The van der Waals surface area contributed by atoms with Crippen molar-refractivity contribution in [1.29, 1.82) is 0 Å². The van der Waals surface area contributed by atoms with Gasteiger partial charge in [0, 0.05) is 26.6 Å². The molecule has 0 bridgehead atoms. The summed E-state index contributed by atoms with van der Waals surface area (Å²) in [6.45, 7) is 2.33. The van der Waals surface area contributed by atoms with Crippen molar-refractivity contribution in [3.8, 4) is 0 Å². The predicted molar refractivity (Wildman–Crippen MR) is 64.3 cm³/mol. The molecular formula is C12H21NO5. The van der Waals surface area contributed by atoms with Crippen molar-refractivity contribution in [3.63, 3.8) is 0 Å². The number of carboxylic acids is 1. The highest BCUT2D eigenvalue weighted by Crippen LogP contribution is 2.20. The molecule has 0 spiro atoms. The number of hydrogen-bond donors (Lipinski definition) is 1. The van der Waals surface area contributed by atoms with E-state index in [4.69, 9.17) is 14.6 Å². The molecule has 1 N–H and O–H groups in total. The Morgan fingerprint density at radius 1 is 1.39 bits per heavy atom. The third kappa shape index (κ3) is 5.46. The Hall–Kier alpha value is -1.14. The predicted octanol–water partition coefficient (Wildman–Crippen LogP) is 0.363. The van der Waals surface area contributed by atoms with Gasteiger partial charge in [-0.25, -0.2) is 0 Å². The van der Waals surface area contributed by atoms with E-state index in [2.05, 4.69) is 0 Å². The van der Waals surface area contributed by atoms with Crippen LogP contribution < -0.4 is 0 Å². The molecule has 6 nitrogen and oxygen atoms in total. The van der Waals surface area contributed by atoms with E-state index in [9.17, 15) is 9.59 Å². The molecule has 0 aromatic heterocycles. The second kappa shape index (κ2) is 8.05. The number of carboxylic acid groups (broad SMARTS) is 1. The summed E-state index contributed by atoms with van der Waals surface area (Å²) in [5.74, 6) is -0.490. The molecule has 1 aliphatic heterocycles. The first-order chi connectivity index (χ1) is 8.63. The topological polar surface area (TPSA) is 76.1 Å². The van der Waals surface area contributed by atoms with E-state index in [1.807, 2.05) is 0 Å². The first kappa shape index (κ1) is 14.9. The molecule has 0 aliphatic carbocycles. The second-order valence-electron chi connectivity index (χ2n) is 4.47. The number of nitrogens with zero attached hydrogens (tertiary/aromatic N) is 1. The molecule has 0 radical (unpaired) electrons. The Labute approximate surface area is 107 Å². The van der Waals surface area contributed by atoms with Crippen LogP contribution in [0.4, 0.5) is 0 Å². The Kier molecular flexibility index (Phi) is 6.67. The molecule has 1 heterocycles. The van der Waals surface area contributed by atoms with Crippen LogP contribution in [0.2, 0.25) is 0 Å². The molecule has 18 heavy (non-hydrogen) atoms. The van der Waals surface area contributed by atoms with Crippen molar-refractivity contribution in [2.75, 3.05) is 40.0 Å². The summed E-state index contributed by atoms with van der Waals surface area (Å²) < 4.78 is 9.99. The fourth-order valence-corrected chi connectivity index (χ4v) is 2.02. The lowest BCUT2D eigenvalue weighted by atomic mass is 10.0. The second-order valence-corrected chi connectivity index (χ2v) is 4.47. The van der Waals surface area contributed by atoms with Gasteiger partial charge in [0.05, 0.1) is 13.2 Å². The molecule has 1 saturated heterocycles. The van der Waals surface area contributed by atoms with Gasteiger partial charge in [-0.15, -0.1) is 0 Å². The van der Waals surface area contributed by atoms with Gasteiger partial charge >= 0.3 is 5.97 Å². The summed E-state index contributed by atoms with van der Waals surface area (Å²) in [4.78, 5) is 23.9. The molecule has 0 aromatic rings. The number of carbonyl (C=O) groups is 2. The SMILES string of the molecule is COCCOCC(=O)N1CCC(CCC(=O)O)C1. The van der Waals surface area contributed by atoms with Gasteiger partial charge in [0.2, 0.25) is 5.91 Å². The number of rotatable bonds is 8. The van der Waals surface area contributed by atoms with E-state index < -0.39 is 5.97 Å². The van der Waals surface area contributed by atoms with Crippen LogP contribution in [0.1, 0.15) is 19.3 Å². The van der Waals surface area contributed by atoms with E-state index in [0.717, 1.165) is 6.42 Å². The Bertz CT molecular complexity index is 282. The van der Waals surface area contributed by atoms with Crippen LogP contribution in [0.3, 0.4) is 0 Å². The summed E-state index contributed by atoms with van der Waals surface area (Å²) in [7, 11) is 1.58. The number of likely N-dealkylation sites (tertiary alicyclic amines) is 1. The maximum Gasteiger partial charge on any atom is 0.303 e. The van der Waals surface area contributed by atoms with E-state index >= 15 is 0 Å². The maximum absolute atomic E-state index is 11.7. The molecule has 1 rings (SSSR count). The van der Waals surface area contributed by atoms with Crippen LogP contribution in [0.5, 0.6) is 0 Å². The third-order valence-corrected chi connectivity index (χ3v) is 3.06. The lowest BCUT2D eigenvalue weighted by Gasteiger charge is -2.16. The van der Waals surface area contributed by atoms with Crippen molar-refractivity contribution in [2.24, 2.45) is 5.92 Å². The fourth-order valence-electron chi connectivity index (χ4n) is 2.02. The van der Waals surface area contributed by atoms with Crippen molar-refractivity contribution < 1.29 is 24.2 Å². The average Bonchev–Trinajstić information content (AvgIpc) is 2.80. The molecule has 1 amide bonds. The van der Waals surface area contributed by atoms with Crippen LogP contribution >= 0.6 is 0 Å². The van der Waals surface area contributed by atoms with Gasteiger partial charge in [-0.3, -0.25) is 9.59 Å². The molecule has 1 atom stereocenters. The third-order valence-electron chi connectivity index (χ3n) is 3.06. The molecule has 0 aromatic carbocycles. The van der Waals surface area contributed by atoms with Gasteiger partial charge in [0.25, 0.3) is 0 Å². The normalized spacial score (nSPS) is 19.2. The summed E-state index contributed by atoms with van der Waals surface area (Å²) >= 11 is 0. The highest BCUT2D eigenvalue weighted by molar-refractivity contribution is 5.77. The first-order valence-corrected chi connectivity index (χ1v) is 6.19. The van der Waals surface area contributed by atoms with Crippen molar-refractivity contribution >= 4 is 11.9 Å². The fraction of sp³-hybridized carbons (Fsp3) is 0.833. The minimum atomic E-state index is -0.775. The van der Waals surface area contributed by atoms with Crippen molar-refractivity contribution in [2.45, 2.75) is 19.3 Å². The minimum absolute atomic E-state index is 0.0241. The highest BCUT2D eigenvalue weighted by atomic mass is 16.5. The van der Waals surface area contributed by atoms with Gasteiger partial charge in [-0.05, 0) is 18.8 Å². The Balaban J connectivity index is 2.16. The van der Waals surface area contributed by atoms with E-state index in [1.165, 1.54) is 0 Å². The molecule has 1 unspecified atom stereocenters. The van der Waals surface area contributed by atoms with Crippen LogP contribution in [0.15, 0.2) is 0 Å². The molecule has 1 aliphatic rings. The lowest BCUT2D eigenvalue weighted by molar-refractivity contribution is -0.137. The minimum Gasteiger partial charge on any atom is -0.481 e. The van der Waals surface area contributed by atoms with Crippen LogP contribution in [0, 0.1) is 5.92 Å². The maximum atomic E-state index is 11.7. The average molecular weight is 259 g/mol. The largest absolute Gasteiger partial charge is 0.481 e. The number of amides is 1. The summed E-state index contributed by atoms with van der Waals surface area (Å²) in [6, 6.07) is 0. The van der Waals surface area contributed by atoms with E-state index in [0.29, 0.717) is 38.6 Å². The smallest absolute Gasteiger partial charge is 0.303 e. The lowest BCUT2D eigenvalue weighted by Crippen LogP contribution is -2.32. The molecule has 1 fully saturated rings. The zero-order chi connectivity index (χ0) is 13.4. The van der Waals surface area contributed by atoms with Gasteiger partial charge in [0.1, 0.15) is 6.61 Å². The van der Waals surface area contributed by atoms with E-state index in [-0.39, 0.29) is 18.9 Å². The van der Waals surface area contributed by atoms with Crippen LogP contribution in [0.25, 0.3) is 0 Å². The number of carbonyl (C=O) groups excluding carboxylic acids is 1. The molecule has 0 saturated carbocycles. The Morgan fingerprint density at radius 2 is 2.17 bits per heavy atom. The monoisotopic (exact) mass is 259 g/mol. The zero-order valence-electron chi connectivity index (χ0n) is 10.8. The van der Waals surface area contributed by atoms with Crippen molar-refractivity contribution in [1.82, 2.24) is 4.90 Å². The first-order valence-electron chi connectivity index (χ1n) is 6.19. The molecule has 104 valence electrons. The van der Waals surface area contributed by atoms with Crippen LogP contribution in [-0.4, -0.2) is 61.9 Å². The summed E-state index contributed by atoms with van der Waals surface area (Å²) in [6.07, 6.45) is 1.71. The number of ether oxygens (including phenoxy) is 2. The molecular weight excluding hydrogens is 238 g/mol. The van der Waals surface area contributed by atoms with Gasteiger partial charge < -0.3 is 19.5 Å². The highest BCUT2D eigenvalue weighted by Gasteiger charge is 2.26. The summed E-state index contributed by atoms with van der Waals surface area (Å²) in [5.41, 5.74) is 0.